The molecule has 0 radical (unpaired) electrons. The van der Waals surface area contributed by atoms with Gasteiger partial charge in [0.25, 0.3) is 11.5 Å². The van der Waals surface area contributed by atoms with Crippen LogP contribution in [0.4, 0.5) is 0 Å². The monoisotopic (exact) mass is 344 g/mol. The number of rotatable bonds is 5. The predicted octanol–water partition coefficient (Wildman–Crippen LogP) is 3.28. The first-order valence-electron chi connectivity index (χ1n) is 8.78. The molecule has 1 aromatic heterocycles. The summed E-state index contributed by atoms with van der Waals surface area (Å²) in [5.74, 6) is 0.425. The zero-order valence-electron chi connectivity index (χ0n) is 15.8. The third-order valence-corrected chi connectivity index (χ3v) is 4.06. The highest BCUT2D eigenvalue weighted by Crippen LogP contribution is 2.19. The number of nitrogens with zero attached hydrogens (tertiary/aromatic N) is 1. The molecule has 1 N–H and O–H groups in total. The number of methoxy groups -OCH3 is 1. The second-order valence-corrected chi connectivity index (χ2v) is 7.32. The highest BCUT2D eigenvalue weighted by atomic mass is 16.5. The molecule has 5 heteroatoms. The molecule has 0 atom stereocenters. The van der Waals surface area contributed by atoms with Crippen molar-refractivity contribution in [1.82, 2.24) is 9.88 Å². The number of carbonyl (C=O) groups is 1. The quantitative estimate of drug-likeness (QED) is 0.892. The Morgan fingerprint density at radius 1 is 1.32 bits per heavy atom. The number of hydrogen-bond donors (Lipinski definition) is 1. The molecule has 1 amide bonds. The van der Waals surface area contributed by atoms with Crippen LogP contribution in [-0.4, -0.2) is 23.1 Å². The van der Waals surface area contributed by atoms with Crippen LogP contribution < -0.4 is 10.9 Å². The lowest BCUT2D eigenvalue weighted by Gasteiger charge is -2.22. The van der Waals surface area contributed by atoms with Crippen LogP contribution in [0.5, 0.6) is 0 Å². The van der Waals surface area contributed by atoms with E-state index in [9.17, 15) is 9.59 Å². The molecule has 0 aromatic carbocycles. The number of nitrogens with one attached hydrogen (secondary N) is 1. The number of hydrogen-bond acceptors (Lipinski definition) is 3. The summed E-state index contributed by atoms with van der Waals surface area (Å²) >= 11 is 0. The van der Waals surface area contributed by atoms with E-state index in [1.807, 2.05) is 39.0 Å². The molecule has 1 aliphatic carbocycles. The van der Waals surface area contributed by atoms with E-state index in [1.165, 1.54) is 0 Å². The Morgan fingerprint density at radius 3 is 2.64 bits per heavy atom. The molecule has 0 bridgehead atoms. The Hall–Kier alpha value is -2.30. The van der Waals surface area contributed by atoms with Crippen molar-refractivity contribution in [3.8, 4) is 0 Å². The second kappa shape index (κ2) is 7.72. The maximum absolute atomic E-state index is 13.0. The van der Waals surface area contributed by atoms with Gasteiger partial charge in [-0.3, -0.25) is 9.59 Å². The first-order chi connectivity index (χ1) is 11.8. The van der Waals surface area contributed by atoms with Gasteiger partial charge in [-0.15, -0.1) is 0 Å². The highest BCUT2D eigenvalue weighted by molar-refractivity contribution is 5.95. The van der Waals surface area contributed by atoms with E-state index in [0.29, 0.717) is 13.0 Å². The van der Waals surface area contributed by atoms with Crippen LogP contribution in [0, 0.1) is 0 Å². The van der Waals surface area contributed by atoms with Crippen molar-refractivity contribution >= 4 is 12.0 Å². The van der Waals surface area contributed by atoms with Gasteiger partial charge in [-0.05, 0) is 57.0 Å². The molecule has 0 fully saturated rings. The van der Waals surface area contributed by atoms with Gasteiger partial charge in [0, 0.05) is 24.2 Å². The van der Waals surface area contributed by atoms with Crippen LogP contribution in [0.1, 0.15) is 62.2 Å². The smallest absolute Gasteiger partial charge is 0.263 e. The summed E-state index contributed by atoms with van der Waals surface area (Å²) < 4.78 is 7.05. The van der Waals surface area contributed by atoms with Gasteiger partial charge in [0.2, 0.25) is 0 Å². The topological polar surface area (TPSA) is 60.3 Å². The van der Waals surface area contributed by atoms with Crippen LogP contribution in [0.3, 0.4) is 0 Å². The third kappa shape index (κ3) is 4.62. The molecule has 0 saturated heterocycles. The van der Waals surface area contributed by atoms with Crippen LogP contribution >= 0.6 is 0 Å². The minimum absolute atomic E-state index is 0.190. The fraction of sp³-hybridized carbons (Fsp3) is 0.500. The summed E-state index contributed by atoms with van der Waals surface area (Å²) in [6.45, 7) is 8.40. The Balaban J connectivity index is 2.56. The average molecular weight is 344 g/mol. The van der Waals surface area contributed by atoms with Crippen molar-refractivity contribution in [3.63, 3.8) is 0 Å². The number of ether oxygens (including phenoxy) is 1. The van der Waals surface area contributed by atoms with Crippen LogP contribution in [-0.2, 0) is 17.7 Å². The van der Waals surface area contributed by atoms with Gasteiger partial charge in [0.15, 0.2) is 0 Å². The maximum Gasteiger partial charge on any atom is 0.263 e. The molecule has 0 unspecified atom stereocenters. The van der Waals surface area contributed by atoms with E-state index in [1.54, 1.807) is 17.7 Å². The zero-order chi connectivity index (χ0) is 18.6. The van der Waals surface area contributed by atoms with Crippen molar-refractivity contribution in [3.05, 3.63) is 51.2 Å². The molecule has 1 aliphatic rings. The fourth-order valence-electron chi connectivity index (χ4n) is 2.81. The lowest BCUT2D eigenvalue weighted by atomic mass is 10.0. The van der Waals surface area contributed by atoms with Crippen molar-refractivity contribution in [2.24, 2.45) is 0 Å². The Morgan fingerprint density at radius 2 is 2.04 bits per heavy atom. The summed E-state index contributed by atoms with van der Waals surface area (Å²) in [5, 5.41) is 2.89. The lowest BCUT2D eigenvalue weighted by molar-refractivity contribution is 0.0917. The number of unbranched alkanes of at least 4 members (excludes halogenated alkanes) is 1. The van der Waals surface area contributed by atoms with Crippen LogP contribution in [0.15, 0.2) is 28.8 Å². The van der Waals surface area contributed by atoms with E-state index in [2.05, 4.69) is 12.2 Å². The number of allylic oxidation sites excluding steroid dienone is 2. The van der Waals surface area contributed by atoms with Gasteiger partial charge >= 0.3 is 0 Å². The molecule has 0 saturated carbocycles. The molecule has 1 aromatic rings. The van der Waals surface area contributed by atoms with Gasteiger partial charge in [-0.25, -0.2) is 0 Å². The predicted molar refractivity (Wildman–Crippen MR) is 101 cm³/mol. The van der Waals surface area contributed by atoms with Crippen LogP contribution in [0.2, 0.25) is 0 Å². The number of carbonyl (C=O) groups excluding carboxylic acids is 1. The molecular weight excluding hydrogens is 316 g/mol. The Kier molecular flexibility index (Phi) is 5.88. The highest BCUT2D eigenvalue weighted by Gasteiger charge is 2.22. The standard InChI is InChI=1S/C20H28N2O3/c1-6-7-12-22-17-11-10-15(25-5)9-8-14(17)13-16(19(22)24)18(23)21-20(2,3)4/h8-10,13H,6-7,11-12H2,1-5H3,(H,21,23). The summed E-state index contributed by atoms with van der Waals surface area (Å²) in [6, 6.07) is 1.70. The number of pyridine rings is 1. The summed E-state index contributed by atoms with van der Waals surface area (Å²) in [5.41, 5.74) is 1.38. The molecule has 1 heterocycles. The molecule has 136 valence electrons. The van der Waals surface area contributed by atoms with Crippen LogP contribution in [0.25, 0.3) is 6.08 Å². The summed E-state index contributed by atoms with van der Waals surface area (Å²) in [4.78, 5) is 25.6. The molecule has 0 spiro atoms. The maximum atomic E-state index is 13.0. The van der Waals surface area contributed by atoms with E-state index >= 15 is 0 Å². The zero-order valence-corrected chi connectivity index (χ0v) is 15.8. The molecule has 25 heavy (non-hydrogen) atoms. The average Bonchev–Trinajstić information content (AvgIpc) is 2.74. The summed E-state index contributed by atoms with van der Waals surface area (Å²) in [6.07, 6.45) is 8.21. The molecule has 2 rings (SSSR count). The van der Waals surface area contributed by atoms with E-state index in [0.717, 1.165) is 29.9 Å². The Bertz CT molecular complexity index is 764. The second-order valence-electron chi connectivity index (χ2n) is 7.32. The van der Waals surface area contributed by atoms with Gasteiger partial charge in [0.1, 0.15) is 11.3 Å². The van der Waals surface area contributed by atoms with Gasteiger partial charge < -0.3 is 14.6 Å². The van der Waals surface area contributed by atoms with E-state index < -0.39 is 5.54 Å². The first-order valence-corrected chi connectivity index (χ1v) is 8.78. The molecule has 0 aliphatic heterocycles. The number of amides is 1. The van der Waals surface area contributed by atoms with Crippen molar-refractivity contribution in [2.45, 2.75) is 59.0 Å². The minimum Gasteiger partial charge on any atom is -0.497 e. The van der Waals surface area contributed by atoms with Crippen molar-refractivity contribution in [2.75, 3.05) is 7.11 Å². The van der Waals surface area contributed by atoms with Gasteiger partial charge in [0.05, 0.1) is 7.11 Å². The fourth-order valence-corrected chi connectivity index (χ4v) is 2.81. The summed E-state index contributed by atoms with van der Waals surface area (Å²) in [7, 11) is 1.62. The molecular formula is C20H28N2O3. The lowest BCUT2D eigenvalue weighted by Crippen LogP contribution is -2.43. The van der Waals surface area contributed by atoms with E-state index in [4.69, 9.17) is 4.74 Å². The Labute approximate surface area is 149 Å². The molecule has 5 nitrogen and oxygen atoms in total. The SMILES string of the molecule is CCCCn1c2c(cc(C(=O)NC(C)(C)C)c1=O)C=CC(OC)=CC2. The van der Waals surface area contributed by atoms with Crippen molar-refractivity contribution in [1.29, 1.82) is 0 Å². The number of fused-ring (bicyclic) bond motifs is 1. The third-order valence-electron chi connectivity index (χ3n) is 4.06. The minimum atomic E-state index is -0.398. The number of aromatic nitrogens is 1. The normalized spacial score (nSPS) is 13.7. The largest absolute Gasteiger partial charge is 0.497 e. The van der Waals surface area contributed by atoms with Gasteiger partial charge in [-0.1, -0.05) is 13.3 Å². The first kappa shape index (κ1) is 19.0. The van der Waals surface area contributed by atoms with Gasteiger partial charge in [-0.2, -0.15) is 0 Å². The van der Waals surface area contributed by atoms with Crippen molar-refractivity contribution < 1.29 is 9.53 Å². The van der Waals surface area contributed by atoms with E-state index in [-0.39, 0.29) is 17.0 Å².